The molecule has 0 radical (unpaired) electrons. The molecular formula is C14H21NO2. The van der Waals surface area contributed by atoms with Crippen molar-refractivity contribution in [3.63, 3.8) is 0 Å². The molecule has 0 heterocycles. The lowest BCUT2D eigenvalue weighted by atomic mass is 9.65. The van der Waals surface area contributed by atoms with Crippen molar-refractivity contribution in [2.75, 3.05) is 14.2 Å². The lowest BCUT2D eigenvalue weighted by Crippen LogP contribution is -2.45. The average molecular weight is 235 g/mol. The molecule has 0 aromatic heterocycles. The van der Waals surface area contributed by atoms with Crippen molar-refractivity contribution >= 4 is 0 Å². The summed E-state index contributed by atoms with van der Waals surface area (Å²) < 4.78 is 10.7. The van der Waals surface area contributed by atoms with Gasteiger partial charge in [0.1, 0.15) is 11.5 Å². The second-order valence-electron chi connectivity index (χ2n) is 4.69. The van der Waals surface area contributed by atoms with Crippen molar-refractivity contribution in [1.82, 2.24) is 0 Å². The standard InChI is InChI=1S/C14H21NO2/c1-4-10-11(8-13(10)15)12-7-9(16-2)5-6-14(12)17-3/h5-7,10-11,13H,4,8,15H2,1-3H3. The molecule has 0 aliphatic heterocycles. The third-order valence-corrected chi connectivity index (χ3v) is 3.90. The molecule has 1 fully saturated rings. The molecule has 1 aromatic rings. The summed E-state index contributed by atoms with van der Waals surface area (Å²) >= 11 is 0. The Kier molecular flexibility index (Phi) is 3.57. The van der Waals surface area contributed by atoms with Gasteiger partial charge in [0.15, 0.2) is 0 Å². The lowest BCUT2D eigenvalue weighted by Gasteiger charge is -2.43. The molecule has 0 spiro atoms. The van der Waals surface area contributed by atoms with Crippen LogP contribution in [0.2, 0.25) is 0 Å². The van der Waals surface area contributed by atoms with Crippen molar-refractivity contribution in [3.8, 4) is 11.5 Å². The number of ether oxygens (including phenoxy) is 2. The average Bonchev–Trinajstić information content (AvgIpc) is 2.35. The van der Waals surface area contributed by atoms with Gasteiger partial charge in [0.2, 0.25) is 0 Å². The Balaban J connectivity index is 2.30. The second kappa shape index (κ2) is 4.96. The summed E-state index contributed by atoms with van der Waals surface area (Å²) in [5.41, 5.74) is 7.29. The number of rotatable bonds is 4. The van der Waals surface area contributed by atoms with Crippen LogP contribution in [0.3, 0.4) is 0 Å². The molecular weight excluding hydrogens is 214 g/mol. The van der Waals surface area contributed by atoms with Crippen LogP contribution in [0.15, 0.2) is 18.2 Å². The molecule has 3 heteroatoms. The summed E-state index contributed by atoms with van der Waals surface area (Å²) in [6.07, 6.45) is 2.16. The Morgan fingerprint density at radius 1 is 1.29 bits per heavy atom. The molecule has 3 atom stereocenters. The van der Waals surface area contributed by atoms with E-state index in [1.165, 1.54) is 5.56 Å². The van der Waals surface area contributed by atoms with E-state index in [1.54, 1.807) is 14.2 Å². The van der Waals surface area contributed by atoms with Crippen LogP contribution < -0.4 is 15.2 Å². The summed E-state index contributed by atoms with van der Waals surface area (Å²) in [7, 11) is 3.40. The molecule has 94 valence electrons. The van der Waals surface area contributed by atoms with Crippen LogP contribution in [0.1, 0.15) is 31.2 Å². The van der Waals surface area contributed by atoms with Crippen molar-refractivity contribution in [1.29, 1.82) is 0 Å². The van der Waals surface area contributed by atoms with Crippen LogP contribution >= 0.6 is 0 Å². The van der Waals surface area contributed by atoms with E-state index in [-0.39, 0.29) is 0 Å². The third kappa shape index (κ3) is 2.12. The smallest absolute Gasteiger partial charge is 0.122 e. The highest BCUT2D eigenvalue weighted by atomic mass is 16.5. The van der Waals surface area contributed by atoms with E-state index in [9.17, 15) is 0 Å². The van der Waals surface area contributed by atoms with Crippen LogP contribution in [-0.4, -0.2) is 20.3 Å². The predicted octanol–water partition coefficient (Wildman–Crippen LogP) is 2.54. The molecule has 0 amide bonds. The molecule has 17 heavy (non-hydrogen) atoms. The molecule has 1 aliphatic rings. The molecule has 0 saturated heterocycles. The number of methoxy groups -OCH3 is 2. The van der Waals surface area contributed by atoms with E-state index in [4.69, 9.17) is 15.2 Å². The number of benzene rings is 1. The fourth-order valence-corrected chi connectivity index (χ4v) is 2.82. The van der Waals surface area contributed by atoms with Crippen LogP contribution in [-0.2, 0) is 0 Å². The normalized spacial score (nSPS) is 27.4. The van der Waals surface area contributed by atoms with Gasteiger partial charge in [-0.05, 0) is 36.5 Å². The molecule has 3 unspecified atom stereocenters. The van der Waals surface area contributed by atoms with Crippen molar-refractivity contribution in [2.45, 2.75) is 31.7 Å². The van der Waals surface area contributed by atoms with Crippen LogP contribution in [0.25, 0.3) is 0 Å². The number of hydrogen-bond acceptors (Lipinski definition) is 3. The SMILES string of the molecule is CCC1C(N)CC1c1cc(OC)ccc1OC. The van der Waals surface area contributed by atoms with E-state index in [0.29, 0.717) is 17.9 Å². The second-order valence-corrected chi connectivity index (χ2v) is 4.69. The van der Waals surface area contributed by atoms with Gasteiger partial charge in [-0.15, -0.1) is 0 Å². The van der Waals surface area contributed by atoms with E-state index >= 15 is 0 Å². The van der Waals surface area contributed by atoms with E-state index in [2.05, 4.69) is 13.0 Å². The van der Waals surface area contributed by atoms with Gasteiger partial charge in [0.25, 0.3) is 0 Å². The predicted molar refractivity (Wildman–Crippen MR) is 68.7 cm³/mol. The zero-order valence-corrected chi connectivity index (χ0v) is 10.8. The van der Waals surface area contributed by atoms with Crippen LogP contribution in [0.5, 0.6) is 11.5 Å². The van der Waals surface area contributed by atoms with Gasteiger partial charge in [-0.2, -0.15) is 0 Å². The minimum absolute atomic E-state index is 0.334. The van der Waals surface area contributed by atoms with Crippen molar-refractivity contribution < 1.29 is 9.47 Å². The maximum atomic E-state index is 6.05. The Morgan fingerprint density at radius 3 is 2.59 bits per heavy atom. The summed E-state index contributed by atoms with van der Waals surface area (Å²) in [6, 6.07) is 6.32. The van der Waals surface area contributed by atoms with Gasteiger partial charge >= 0.3 is 0 Å². The third-order valence-electron chi connectivity index (χ3n) is 3.90. The van der Waals surface area contributed by atoms with Gasteiger partial charge < -0.3 is 15.2 Å². The quantitative estimate of drug-likeness (QED) is 0.872. The fraction of sp³-hybridized carbons (Fsp3) is 0.571. The highest BCUT2D eigenvalue weighted by Gasteiger charge is 2.39. The van der Waals surface area contributed by atoms with Gasteiger partial charge in [0.05, 0.1) is 14.2 Å². The first-order chi connectivity index (χ1) is 8.21. The minimum Gasteiger partial charge on any atom is -0.497 e. The summed E-state index contributed by atoms with van der Waals surface area (Å²) in [6.45, 7) is 2.20. The molecule has 1 aromatic carbocycles. The van der Waals surface area contributed by atoms with Gasteiger partial charge in [-0.25, -0.2) is 0 Å². The van der Waals surface area contributed by atoms with Crippen molar-refractivity contribution in [2.24, 2.45) is 11.7 Å². The number of nitrogens with two attached hydrogens (primary N) is 1. The molecule has 1 aliphatic carbocycles. The van der Waals surface area contributed by atoms with E-state index in [0.717, 1.165) is 24.3 Å². The first-order valence-electron chi connectivity index (χ1n) is 6.18. The molecule has 2 rings (SSSR count). The Morgan fingerprint density at radius 2 is 2.06 bits per heavy atom. The van der Waals surface area contributed by atoms with Crippen LogP contribution in [0, 0.1) is 5.92 Å². The first kappa shape index (κ1) is 12.2. The highest BCUT2D eigenvalue weighted by molar-refractivity contribution is 5.44. The first-order valence-corrected chi connectivity index (χ1v) is 6.18. The van der Waals surface area contributed by atoms with Gasteiger partial charge in [-0.1, -0.05) is 13.3 Å². The zero-order chi connectivity index (χ0) is 12.4. The highest BCUT2D eigenvalue weighted by Crippen LogP contribution is 2.47. The van der Waals surface area contributed by atoms with Gasteiger partial charge in [0, 0.05) is 11.6 Å². The largest absolute Gasteiger partial charge is 0.497 e. The molecule has 3 nitrogen and oxygen atoms in total. The minimum atomic E-state index is 0.334. The monoisotopic (exact) mass is 235 g/mol. The van der Waals surface area contributed by atoms with E-state index in [1.807, 2.05) is 12.1 Å². The fourth-order valence-electron chi connectivity index (χ4n) is 2.82. The number of hydrogen-bond donors (Lipinski definition) is 1. The molecule has 0 bridgehead atoms. The zero-order valence-electron chi connectivity index (χ0n) is 10.8. The van der Waals surface area contributed by atoms with Crippen LogP contribution in [0.4, 0.5) is 0 Å². The summed E-state index contributed by atoms with van der Waals surface area (Å²) in [5.74, 6) is 2.91. The molecule has 2 N–H and O–H groups in total. The Hall–Kier alpha value is -1.22. The van der Waals surface area contributed by atoms with Crippen molar-refractivity contribution in [3.05, 3.63) is 23.8 Å². The van der Waals surface area contributed by atoms with Gasteiger partial charge in [-0.3, -0.25) is 0 Å². The summed E-state index contributed by atoms with van der Waals surface area (Å²) in [5, 5.41) is 0. The topological polar surface area (TPSA) is 44.5 Å². The Labute approximate surface area is 103 Å². The van der Waals surface area contributed by atoms with E-state index < -0.39 is 0 Å². The molecule has 1 saturated carbocycles. The summed E-state index contributed by atoms with van der Waals surface area (Å²) in [4.78, 5) is 0. The maximum Gasteiger partial charge on any atom is 0.122 e. The maximum absolute atomic E-state index is 6.05. The lowest BCUT2D eigenvalue weighted by molar-refractivity contribution is 0.194. The Bertz CT molecular complexity index is 392.